The van der Waals surface area contributed by atoms with Crippen LogP contribution in [0.3, 0.4) is 0 Å². The smallest absolute Gasteiger partial charge is 0.238 e. The maximum atomic E-state index is 5.22. The quantitative estimate of drug-likeness (QED) is 0.176. The molecule has 3 heterocycles. The molecule has 10 aromatic rings. The SMILES string of the molecule is c1ccc(-c2cccc(-c3nc(-c4cccc(-c5ccccc5)c4)nc(-n4c5ccccc5c5cc6c(cc54)nnn6-c4ccccc4)n3)c2)cc1. The van der Waals surface area contributed by atoms with Crippen molar-refractivity contribution in [3.05, 3.63) is 176 Å². The first-order valence-corrected chi connectivity index (χ1v) is 17.2. The predicted octanol–water partition coefficient (Wildman–Crippen LogP) is 10.4. The Morgan fingerprint density at radius 3 is 1.54 bits per heavy atom. The van der Waals surface area contributed by atoms with Gasteiger partial charge in [0.15, 0.2) is 11.6 Å². The Bertz CT molecular complexity index is 2790. The highest BCUT2D eigenvalue weighted by Gasteiger charge is 2.20. The van der Waals surface area contributed by atoms with Crippen LogP contribution < -0.4 is 0 Å². The summed E-state index contributed by atoms with van der Waals surface area (Å²) < 4.78 is 4.02. The van der Waals surface area contributed by atoms with Gasteiger partial charge >= 0.3 is 0 Å². The molecular formula is C45H29N7. The minimum Gasteiger partial charge on any atom is -0.278 e. The molecule has 0 aliphatic heterocycles. The molecule has 7 nitrogen and oxygen atoms in total. The van der Waals surface area contributed by atoms with Crippen LogP contribution >= 0.6 is 0 Å². The third kappa shape index (κ3) is 5.11. The summed E-state index contributed by atoms with van der Waals surface area (Å²) in [6.07, 6.45) is 0. The summed E-state index contributed by atoms with van der Waals surface area (Å²) in [5, 5.41) is 11.3. The summed E-state index contributed by atoms with van der Waals surface area (Å²) in [5.41, 5.74) is 10.8. The highest BCUT2D eigenvalue weighted by atomic mass is 15.4. The molecule has 0 bridgehead atoms. The highest BCUT2D eigenvalue weighted by molar-refractivity contribution is 6.12. The van der Waals surface area contributed by atoms with Gasteiger partial charge in [-0.2, -0.15) is 9.97 Å². The van der Waals surface area contributed by atoms with Crippen LogP contribution in [0.15, 0.2) is 176 Å². The molecule has 10 rings (SSSR count). The molecule has 0 aliphatic rings. The number of aromatic nitrogens is 7. The van der Waals surface area contributed by atoms with E-state index >= 15 is 0 Å². The van der Waals surface area contributed by atoms with Crippen molar-refractivity contribution < 1.29 is 0 Å². The lowest BCUT2D eigenvalue weighted by molar-refractivity contribution is 0.824. The van der Waals surface area contributed by atoms with Crippen molar-refractivity contribution in [2.24, 2.45) is 0 Å². The van der Waals surface area contributed by atoms with Gasteiger partial charge in [-0.25, -0.2) is 9.67 Å². The standard InChI is InChI=1S/C45H29N7/c1-4-14-30(15-5-1)32-18-12-20-34(26-32)43-46-44(35-21-13-19-33(27-35)31-16-6-2-7-17-31)48-45(47-43)51-40-25-11-10-24-37(40)38-28-42-39(29-41(38)51)49-50-52(42)36-22-8-3-9-23-36/h1-29H. The fraction of sp³-hybridized carbons (Fsp3) is 0. The van der Waals surface area contributed by atoms with E-state index in [4.69, 9.17) is 15.0 Å². The molecule has 0 aliphatic carbocycles. The molecule has 0 amide bonds. The second-order valence-electron chi connectivity index (χ2n) is 12.7. The Kier molecular flexibility index (Phi) is 6.99. The van der Waals surface area contributed by atoms with Gasteiger partial charge in [0.2, 0.25) is 5.95 Å². The second-order valence-corrected chi connectivity index (χ2v) is 12.7. The third-order valence-corrected chi connectivity index (χ3v) is 9.52. The largest absolute Gasteiger partial charge is 0.278 e. The Hall–Kier alpha value is -7.25. The van der Waals surface area contributed by atoms with E-state index in [2.05, 4.69) is 148 Å². The average molecular weight is 668 g/mol. The van der Waals surface area contributed by atoms with Crippen molar-refractivity contribution in [2.45, 2.75) is 0 Å². The first-order chi connectivity index (χ1) is 25.8. The van der Waals surface area contributed by atoms with Gasteiger partial charge in [0.05, 0.1) is 22.2 Å². The van der Waals surface area contributed by atoms with Crippen molar-refractivity contribution in [3.8, 4) is 56.7 Å². The topological polar surface area (TPSA) is 74.3 Å². The summed E-state index contributed by atoms with van der Waals surface area (Å²) in [7, 11) is 0. The van der Waals surface area contributed by atoms with E-state index in [0.29, 0.717) is 17.6 Å². The summed E-state index contributed by atoms with van der Waals surface area (Å²) in [6, 6.07) is 60.3. The summed E-state index contributed by atoms with van der Waals surface area (Å²) in [4.78, 5) is 15.6. The van der Waals surface area contributed by atoms with Gasteiger partial charge in [-0.1, -0.05) is 139 Å². The molecule has 7 heteroatoms. The molecule has 244 valence electrons. The number of hydrogen-bond donors (Lipinski definition) is 0. The summed E-state index contributed by atoms with van der Waals surface area (Å²) >= 11 is 0. The van der Waals surface area contributed by atoms with E-state index in [9.17, 15) is 0 Å². The Morgan fingerprint density at radius 1 is 0.365 bits per heavy atom. The van der Waals surface area contributed by atoms with E-state index in [1.54, 1.807) is 0 Å². The number of hydrogen-bond acceptors (Lipinski definition) is 5. The van der Waals surface area contributed by atoms with Gasteiger partial charge in [-0.15, -0.1) is 5.10 Å². The van der Waals surface area contributed by atoms with Gasteiger partial charge < -0.3 is 0 Å². The molecule has 0 N–H and O–H groups in total. The molecule has 0 radical (unpaired) electrons. The molecule has 7 aromatic carbocycles. The van der Waals surface area contributed by atoms with Gasteiger partial charge in [0, 0.05) is 21.9 Å². The maximum absolute atomic E-state index is 5.22. The van der Waals surface area contributed by atoms with E-state index in [1.807, 2.05) is 47.1 Å². The highest BCUT2D eigenvalue weighted by Crippen LogP contribution is 2.36. The van der Waals surface area contributed by atoms with Crippen molar-refractivity contribution >= 4 is 32.8 Å². The Morgan fingerprint density at radius 2 is 0.904 bits per heavy atom. The van der Waals surface area contributed by atoms with Crippen LogP contribution in [0.1, 0.15) is 0 Å². The monoisotopic (exact) mass is 667 g/mol. The molecular weight excluding hydrogens is 639 g/mol. The summed E-state index contributed by atoms with van der Waals surface area (Å²) in [6.45, 7) is 0. The third-order valence-electron chi connectivity index (χ3n) is 9.52. The molecule has 0 fully saturated rings. The van der Waals surface area contributed by atoms with Crippen LogP contribution in [0.5, 0.6) is 0 Å². The molecule has 0 spiro atoms. The average Bonchev–Trinajstić information content (AvgIpc) is 3.79. The van der Waals surface area contributed by atoms with E-state index in [1.165, 1.54) is 0 Å². The van der Waals surface area contributed by atoms with E-state index in [-0.39, 0.29) is 0 Å². The van der Waals surface area contributed by atoms with Gasteiger partial charge in [0.25, 0.3) is 0 Å². The first-order valence-electron chi connectivity index (χ1n) is 17.2. The van der Waals surface area contributed by atoms with Crippen molar-refractivity contribution in [1.29, 1.82) is 0 Å². The fourth-order valence-corrected chi connectivity index (χ4v) is 7.02. The lowest BCUT2D eigenvalue weighted by atomic mass is 10.0. The van der Waals surface area contributed by atoms with Crippen molar-refractivity contribution in [2.75, 3.05) is 0 Å². The van der Waals surface area contributed by atoms with Crippen LogP contribution in [0.2, 0.25) is 0 Å². The Labute approximate surface area is 299 Å². The molecule has 0 saturated carbocycles. The number of fused-ring (bicyclic) bond motifs is 4. The van der Waals surface area contributed by atoms with Crippen LogP contribution in [0.25, 0.3) is 89.5 Å². The summed E-state index contributed by atoms with van der Waals surface area (Å²) in [5.74, 6) is 1.70. The lowest BCUT2D eigenvalue weighted by Gasteiger charge is -2.12. The zero-order chi connectivity index (χ0) is 34.4. The molecule has 0 unspecified atom stereocenters. The normalized spacial score (nSPS) is 11.5. The number of nitrogens with zero attached hydrogens (tertiary/aromatic N) is 7. The molecule has 3 aromatic heterocycles. The second kappa shape index (κ2) is 12.3. The maximum Gasteiger partial charge on any atom is 0.238 e. The number of para-hydroxylation sites is 2. The lowest BCUT2D eigenvalue weighted by Crippen LogP contribution is -2.06. The minimum absolute atomic E-state index is 0.524. The first kappa shape index (κ1) is 29.6. The fourth-order valence-electron chi connectivity index (χ4n) is 7.02. The van der Waals surface area contributed by atoms with Crippen LogP contribution in [0, 0.1) is 0 Å². The zero-order valence-electron chi connectivity index (χ0n) is 27.9. The van der Waals surface area contributed by atoms with E-state index < -0.39 is 0 Å². The molecule has 52 heavy (non-hydrogen) atoms. The van der Waals surface area contributed by atoms with Gasteiger partial charge in [-0.05, 0) is 64.7 Å². The van der Waals surface area contributed by atoms with Gasteiger partial charge in [0.1, 0.15) is 5.52 Å². The van der Waals surface area contributed by atoms with Crippen molar-refractivity contribution in [1.82, 2.24) is 34.5 Å². The van der Waals surface area contributed by atoms with Crippen LogP contribution in [-0.2, 0) is 0 Å². The van der Waals surface area contributed by atoms with Crippen LogP contribution in [0.4, 0.5) is 0 Å². The van der Waals surface area contributed by atoms with Crippen molar-refractivity contribution in [3.63, 3.8) is 0 Å². The van der Waals surface area contributed by atoms with Gasteiger partial charge in [-0.3, -0.25) is 4.57 Å². The predicted molar refractivity (Wildman–Crippen MR) is 208 cm³/mol. The number of benzene rings is 7. The molecule has 0 saturated heterocycles. The minimum atomic E-state index is 0.524. The number of rotatable bonds is 6. The Balaban J connectivity index is 1.22. The zero-order valence-corrected chi connectivity index (χ0v) is 27.9. The van der Waals surface area contributed by atoms with Crippen LogP contribution in [-0.4, -0.2) is 34.5 Å². The molecule has 0 atom stereocenters. The van der Waals surface area contributed by atoms with E-state index in [0.717, 1.165) is 71.9 Å².